The lowest BCUT2D eigenvalue weighted by molar-refractivity contribution is 0.0509. The van der Waals surface area contributed by atoms with Crippen molar-refractivity contribution in [1.29, 1.82) is 0 Å². The van der Waals surface area contributed by atoms with E-state index < -0.39 is 5.97 Å². The standard InChI is InChI=1S/C16H21ClN2O2/c1-15(2)9-13(10-16(3,4)19-15)18-21-14(20)11-5-7-12(17)8-6-11/h5-8,19H,9-10H2,1-4H3. The third-order valence-electron chi connectivity index (χ3n) is 3.31. The summed E-state index contributed by atoms with van der Waals surface area (Å²) in [7, 11) is 0. The van der Waals surface area contributed by atoms with E-state index in [1.807, 2.05) is 0 Å². The van der Waals surface area contributed by atoms with Crippen LogP contribution in [0.4, 0.5) is 0 Å². The highest BCUT2D eigenvalue weighted by Gasteiger charge is 2.36. The summed E-state index contributed by atoms with van der Waals surface area (Å²) in [5.41, 5.74) is 1.21. The molecule has 21 heavy (non-hydrogen) atoms. The maximum Gasteiger partial charge on any atom is 0.365 e. The SMILES string of the molecule is CC1(C)CC(=NOC(=O)c2ccc(Cl)cc2)CC(C)(C)N1. The summed E-state index contributed by atoms with van der Waals surface area (Å²) >= 11 is 5.79. The van der Waals surface area contributed by atoms with Gasteiger partial charge in [-0.2, -0.15) is 0 Å². The van der Waals surface area contributed by atoms with Crippen LogP contribution in [0.25, 0.3) is 0 Å². The van der Waals surface area contributed by atoms with E-state index in [1.54, 1.807) is 24.3 Å². The molecule has 0 saturated carbocycles. The summed E-state index contributed by atoms with van der Waals surface area (Å²) in [4.78, 5) is 17.0. The fraction of sp³-hybridized carbons (Fsp3) is 0.500. The van der Waals surface area contributed by atoms with E-state index in [0.29, 0.717) is 10.6 Å². The molecule has 0 spiro atoms. The van der Waals surface area contributed by atoms with Crippen LogP contribution in [0.3, 0.4) is 0 Å². The van der Waals surface area contributed by atoms with Gasteiger partial charge in [0.1, 0.15) is 0 Å². The fourth-order valence-electron chi connectivity index (χ4n) is 2.90. The Kier molecular flexibility index (Phi) is 4.40. The van der Waals surface area contributed by atoms with Gasteiger partial charge in [0, 0.05) is 28.9 Å². The normalized spacial score (nSPS) is 20.0. The number of halogens is 1. The number of rotatable bonds is 2. The van der Waals surface area contributed by atoms with Crippen molar-refractivity contribution in [3.05, 3.63) is 34.9 Å². The third kappa shape index (κ3) is 4.55. The molecule has 0 atom stereocenters. The highest BCUT2D eigenvalue weighted by atomic mass is 35.5. The highest BCUT2D eigenvalue weighted by molar-refractivity contribution is 6.30. The van der Waals surface area contributed by atoms with E-state index in [4.69, 9.17) is 16.4 Å². The predicted molar refractivity (Wildman–Crippen MR) is 84.8 cm³/mol. The molecule has 1 saturated heterocycles. The van der Waals surface area contributed by atoms with E-state index >= 15 is 0 Å². The molecule has 0 aromatic heterocycles. The number of nitrogens with one attached hydrogen (secondary N) is 1. The zero-order valence-electron chi connectivity index (χ0n) is 12.9. The van der Waals surface area contributed by atoms with Gasteiger partial charge in [-0.1, -0.05) is 16.8 Å². The molecular formula is C16H21ClN2O2. The molecule has 1 aromatic carbocycles. The molecule has 1 N–H and O–H groups in total. The summed E-state index contributed by atoms with van der Waals surface area (Å²) in [6.07, 6.45) is 1.51. The Hall–Kier alpha value is -1.39. The first-order chi connectivity index (χ1) is 9.67. The lowest BCUT2D eigenvalue weighted by atomic mass is 9.81. The van der Waals surface area contributed by atoms with Gasteiger partial charge in [-0.05, 0) is 52.0 Å². The first-order valence-electron chi connectivity index (χ1n) is 6.99. The van der Waals surface area contributed by atoms with Crippen LogP contribution in [0.2, 0.25) is 5.02 Å². The van der Waals surface area contributed by atoms with E-state index in [9.17, 15) is 4.79 Å². The Morgan fingerprint density at radius 2 is 1.67 bits per heavy atom. The number of piperidine rings is 1. The summed E-state index contributed by atoms with van der Waals surface area (Å²) in [5, 5.41) is 8.20. The largest absolute Gasteiger partial charge is 0.365 e. The minimum atomic E-state index is -0.465. The van der Waals surface area contributed by atoms with Gasteiger partial charge in [0.25, 0.3) is 0 Å². The Balaban J connectivity index is 2.06. The van der Waals surface area contributed by atoms with Crippen molar-refractivity contribution in [2.24, 2.45) is 5.16 Å². The second-order valence-corrected chi connectivity index (χ2v) is 7.23. The quantitative estimate of drug-likeness (QED) is 0.668. The van der Waals surface area contributed by atoms with Crippen LogP contribution in [0, 0.1) is 0 Å². The first-order valence-corrected chi connectivity index (χ1v) is 7.37. The van der Waals surface area contributed by atoms with Gasteiger partial charge in [-0.25, -0.2) is 4.79 Å². The maximum atomic E-state index is 11.9. The average molecular weight is 309 g/mol. The van der Waals surface area contributed by atoms with E-state index in [2.05, 4.69) is 38.2 Å². The second kappa shape index (κ2) is 5.78. The number of oxime groups is 1. The molecule has 0 radical (unpaired) electrons. The predicted octanol–water partition coefficient (Wildman–Crippen LogP) is 3.79. The Morgan fingerprint density at radius 1 is 1.14 bits per heavy atom. The Bertz CT molecular complexity index is 544. The molecule has 0 aliphatic carbocycles. The Morgan fingerprint density at radius 3 is 2.19 bits per heavy atom. The molecule has 0 unspecified atom stereocenters. The van der Waals surface area contributed by atoms with Crippen LogP contribution in [-0.4, -0.2) is 22.8 Å². The molecule has 1 aliphatic heterocycles. The van der Waals surface area contributed by atoms with Crippen molar-refractivity contribution < 1.29 is 9.63 Å². The molecule has 2 rings (SSSR count). The molecule has 1 aliphatic rings. The number of carbonyl (C=O) groups excluding carboxylic acids is 1. The molecule has 0 amide bonds. The van der Waals surface area contributed by atoms with Crippen molar-refractivity contribution in [1.82, 2.24) is 5.32 Å². The number of benzene rings is 1. The van der Waals surface area contributed by atoms with Crippen molar-refractivity contribution >= 4 is 23.3 Å². The lowest BCUT2D eigenvalue weighted by Gasteiger charge is -2.42. The molecule has 4 nitrogen and oxygen atoms in total. The topological polar surface area (TPSA) is 50.7 Å². The van der Waals surface area contributed by atoms with Gasteiger partial charge < -0.3 is 10.2 Å². The zero-order valence-corrected chi connectivity index (χ0v) is 13.6. The van der Waals surface area contributed by atoms with E-state index in [1.165, 1.54) is 0 Å². The zero-order chi connectivity index (χ0) is 15.7. The van der Waals surface area contributed by atoms with Gasteiger partial charge in [0.15, 0.2) is 0 Å². The van der Waals surface area contributed by atoms with E-state index in [-0.39, 0.29) is 11.1 Å². The molecule has 1 fully saturated rings. The minimum absolute atomic E-state index is 0.0622. The summed E-state index contributed by atoms with van der Waals surface area (Å²) in [5.74, 6) is -0.465. The maximum absolute atomic E-state index is 11.9. The summed E-state index contributed by atoms with van der Waals surface area (Å²) in [6.45, 7) is 8.46. The van der Waals surface area contributed by atoms with Crippen LogP contribution < -0.4 is 5.32 Å². The van der Waals surface area contributed by atoms with Gasteiger partial charge in [-0.3, -0.25) is 0 Å². The third-order valence-corrected chi connectivity index (χ3v) is 3.56. The smallest absolute Gasteiger partial charge is 0.313 e. The average Bonchev–Trinajstić information content (AvgIpc) is 2.33. The number of hydrogen-bond acceptors (Lipinski definition) is 4. The molecule has 5 heteroatoms. The molecule has 1 heterocycles. The van der Waals surface area contributed by atoms with Gasteiger partial charge in [-0.15, -0.1) is 0 Å². The summed E-state index contributed by atoms with van der Waals surface area (Å²) in [6, 6.07) is 6.56. The lowest BCUT2D eigenvalue weighted by Crippen LogP contribution is -2.58. The molecule has 114 valence electrons. The second-order valence-electron chi connectivity index (χ2n) is 6.79. The van der Waals surface area contributed by atoms with Crippen LogP contribution in [0.15, 0.2) is 29.4 Å². The van der Waals surface area contributed by atoms with Gasteiger partial charge in [0.05, 0.1) is 11.3 Å². The molecule has 0 bridgehead atoms. The number of nitrogens with zero attached hydrogens (tertiary/aromatic N) is 1. The van der Waals surface area contributed by atoms with Crippen molar-refractivity contribution in [3.8, 4) is 0 Å². The fourth-order valence-corrected chi connectivity index (χ4v) is 3.02. The number of carbonyl (C=O) groups is 1. The van der Waals surface area contributed by atoms with Crippen molar-refractivity contribution in [2.45, 2.75) is 51.6 Å². The summed E-state index contributed by atoms with van der Waals surface area (Å²) < 4.78 is 0. The van der Waals surface area contributed by atoms with Crippen molar-refractivity contribution in [3.63, 3.8) is 0 Å². The Labute approximate surface area is 130 Å². The van der Waals surface area contributed by atoms with Crippen molar-refractivity contribution in [2.75, 3.05) is 0 Å². The van der Waals surface area contributed by atoms with Gasteiger partial charge >= 0.3 is 5.97 Å². The van der Waals surface area contributed by atoms with Crippen LogP contribution in [0.5, 0.6) is 0 Å². The highest BCUT2D eigenvalue weighted by Crippen LogP contribution is 2.26. The van der Waals surface area contributed by atoms with E-state index in [0.717, 1.165) is 18.6 Å². The van der Waals surface area contributed by atoms with Gasteiger partial charge in [0.2, 0.25) is 0 Å². The monoisotopic (exact) mass is 308 g/mol. The van der Waals surface area contributed by atoms with Crippen LogP contribution >= 0.6 is 11.6 Å². The molecular weight excluding hydrogens is 288 g/mol. The van der Waals surface area contributed by atoms with Crippen LogP contribution in [0.1, 0.15) is 50.9 Å². The van der Waals surface area contributed by atoms with Crippen LogP contribution in [-0.2, 0) is 4.84 Å². The number of hydrogen-bond donors (Lipinski definition) is 1. The first kappa shape index (κ1) is 16.0. The molecule has 1 aromatic rings. The minimum Gasteiger partial charge on any atom is -0.313 e.